The van der Waals surface area contributed by atoms with E-state index in [1.54, 1.807) is 23.9 Å². The minimum atomic E-state index is -0.441. The third-order valence-electron chi connectivity index (χ3n) is 8.73. The molecule has 3 N–H and O–H groups in total. The van der Waals surface area contributed by atoms with Crippen molar-refractivity contribution in [3.05, 3.63) is 81.8 Å². The maximum Gasteiger partial charge on any atom is 0.239 e. The van der Waals surface area contributed by atoms with Crippen LogP contribution < -0.4 is 5.73 Å². The van der Waals surface area contributed by atoms with Crippen LogP contribution in [0, 0.1) is 5.92 Å². The minimum Gasteiger partial charge on any atom is -0.506 e. The summed E-state index contributed by atoms with van der Waals surface area (Å²) in [5.74, 6) is 0.374. The van der Waals surface area contributed by atoms with Crippen LogP contribution in [-0.2, 0) is 17.8 Å². The number of amides is 1. The Balaban J connectivity index is 1.10. The molecule has 3 aromatic rings. The number of phenolic OH excluding ortho intramolecular Hbond substituents is 1. The Morgan fingerprint density at radius 2 is 1.67 bits per heavy atom. The quantitative estimate of drug-likeness (QED) is 0.283. The number of piperazine rings is 1. The maximum absolute atomic E-state index is 13.3. The smallest absolute Gasteiger partial charge is 0.239 e. The first-order valence-corrected chi connectivity index (χ1v) is 16.7. The number of aromatic hydroxyl groups is 1. The first-order chi connectivity index (χ1) is 20.3. The number of hydrogen-bond acceptors (Lipinski definition) is 6. The van der Waals surface area contributed by atoms with Crippen LogP contribution in [0.25, 0.3) is 11.1 Å². The molecule has 224 valence electrons. The molecule has 0 aliphatic carbocycles. The topological polar surface area (TPSA) is 73.0 Å². The van der Waals surface area contributed by atoms with Gasteiger partial charge in [0.05, 0.1) is 11.1 Å². The van der Waals surface area contributed by atoms with Crippen molar-refractivity contribution in [3.63, 3.8) is 0 Å². The number of piperidine rings is 1. The van der Waals surface area contributed by atoms with Crippen molar-refractivity contribution >= 4 is 40.9 Å². The van der Waals surface area contributed by atoms with Crippen LogP contribution in [0.5, 0.6) is 5.75 Å². The largest absolute Gasteiger partial charge is 0.506 e. The number of nitrogens with zero attached hydrogens (tertiary/aromatic N) is 3. The first-order valence-electron chi connectivity index (χ1n) is 14.7. The lowest BCUT2D eigenvalue weighted by atomic mass is 9.88. The van der Waals surface area contributed by atoms with Gasteiger partial charge in [0, 0.05) is 54.8 Å². The van der Waals surface area contributed by atoms with Crippen LogP contribution >= 0.6 is 35.0 Å². The molecule has 2 fully saturated rings. The van der Waals surface area contributed by atoms with Gasteiger partial charge in [-0.2, -0.15) is 0 Å². The molecule has 0 unspecified atom stereocenters. The lowest BCUT2D eigenvalue weighted by molar-refractivity contribution is -0.136. The zero-order valence-corrected chi connectivity index (χ0v) is 26.5. The van der Waals surface area contributed by atoms with E-state index in [0.717, 1.165) is 88.3 Å². The minimum absolute atomic E-state index is 0.0711. The number of nitrogens with two attached hydrogens (primary N) is 1. The van der Waals surface area contributed by atoms with Gasteiger partial charge in [0.1, 0.15) is 5.75 Å². The van der Waals surface area contributed by atoms with Crippen LogP contribution in [0.4, 0.5) is 0 Å². The van der Waals surface area contributed by atoms with Gasteiger partial charge in [-0.05, 0) is 85.5 Å². The molecule has 0 bridgehead atoms. The predicted octanol–water partition coefficient (Wildman–Crippen LogP) is 6.01. The highest BCUT2D eigenvalue weighted by Crippen LogP contribution is 2.37. The predicted molar refractivity (Wildman–Crippen MR) is 174 cm³/mol. The van der Waals surface area contributed by atoms with E-state index in [1.807, 2.05) is 29.2 Å². The van der Waals surface area contributed by atoms with Gasteiger partial charge < -0.3 is 20.6 Å². The molecule has 3 aromatic carbocycles. The Labute approximate surface area is 263 Å². The second-order valence-electron chi connectivity index (χ2n) is 11.3. The fraction of sp³-hybridized carbons (Fsp3) is 0.424. The molecule has 42 heavy (non-hydrogen) atoms. The molecular weight excluding hydrogens is 587 g/mol. The highest BCUT2D eigenvalue weighted by Gasteiger charge is 2.32. The fourth-order valence-electron chi connectivity index (χ4n) is 6.19. The van der Waals surface area contributed by atoms with Crippen molar-refractivity contribution in [2.75, 3.05) is 52.1 Å². The molecule has 2 saturated heterocycles. The Bertz CT molecular complexity index is 1370. The maximum atomic E-state index is 13.3. The molecule has 1 atom stereocenters. The normalized spacial score (nSPS) is 17.9. The van der Waals surface area contributed by atoms with Crippen molar-refractivity contribution in [1.29, 1.82) is 0 Å². The monoisotopic (exact) mass is 626 g/mol. The number of thioether (sulfide) groups is 1. The molecule has 9 heteroatoms. The highest BCUT2D eigenvalue weighted by molar-refractivity contribution is 7.98. The van der Waals surface area contributed by atoms with E-state index < -0.39 is 6.04 Å². The molecular formula is C33H40Cl2N4O2S. The van der Waals surface area contributed by atoms with E-state index in [0.29, 0.717) is 10.0 Å². The van der Waals surface area contributed by atoms with Crippen molar-refractivity contribution < 1.29 is 9.90 Å². The number of carbonyl (C=O) groups is 1. The highest BCUT2D eigenvalue weighted by atomic mass is 35.5. The Hall–Kier alpha value is -2.26. The third kappa shape index (κ3) is 7.44. The van der Waals surface area contributed by atoms with E-state index >= 15 is 0 Å². The van der Waals surface area contributed by atoms with Crippen LogP contribution in [-0.4, -0.2) is 83.8 Å². The summed E-state index contributed by atoms with van der Waals surface area (Å²) in [6.45, 7) is 6.84. The number of phenols is 1. The van der Waals surface area contributed by atoms with E-state index in [9.17, 15) is 9.90 Å². The third-order valence-corrected chi connectivity index (χ3v) is 10.2. The lowest BCUT2D eigenvalue weighted by Crippen LogP contribution is -2.55. The first kappa shape index (κ1) is 31.2. The zero-order chi connectivity index (χ0) is 29.6. The molecule has 2 heterocycles. The summed E-state index contributed by atoms with van der Waals surface area (Å²) in [5, 5.41) is 11.1. The van der Waals surface area contributed by atoms with Crippen molar-refractivity contribution in [1.82, 2.24) is 14.7 Å². The van der Waals surface area contributed by atoms with Crippen molar-refractivity contribution in [2.45, 2.75) is 36.7 Å². The van der Waals surface area contributed by atoms with Gasteiger partial charge in [0.2, 0.25) is 5.91 Å². The number of benzene rings is 3. The Morgan fingerprint density at radius 1 is 0.929 bits per heavy atom. The van der Waals surface area contributed by atoms with Crippen LogP contribution in [0.3, 0.4) is 0 Å². The molecule has 2 aliphatic rings. The summed E-state index contributed by atoms with van der Waals surface area (Å²) in [4.78, 5) is 21.5. The SMILES string of the molecule is CSc1ccccc1CN1CCN(C(=O)[C@H](N)C2CCN(CCc3cc(Cl)ccc3-c3cccc(O)c3Cl)CC2)CC1. The second-order valence-corrected chi connectivity index (χ2v) is 13.0. The van der Waals surface area contributed by atoms with Crippen LogP contribution in [0.15, 0.2) is 65.6 Å². The molecule has 5 rings (SSSR count). The molecule has 0 spiro atoms. The van der Waals surface area contributed by atoms with E-state index in [4.69, 9.17) is 28.9 Å². The van der Waals surface area contributed by atoms with E-state index in [-0.39, 0.29) is 17.6 Å². The van der Waals surface area contributed by atoms with Gasteiger partial charge in [0.15, 0.2) is 0 Å². The van der Waals surface area contributed by atoms with Crippen molar-refractivity contribution in [3.8, 4) is 16.9 Å². The summed E-state index contributed by atoms with van der Waals surface area (Å²) < 4.78 is 0. The van der Waals surface area contributed by atoms with Gasteiger partial charge in [-0.1, -0.05) is 59.6 Å². The summed E-state index contributed by atoms with van der Waals surface area (Å²) in [6, 6.07) is 19.2. The summed E-state index contributed by atoms with van der Waals surface area (Å²) in [5.41, 5.74) is 10.8. The van der Waals surface area contributed by atoms with Gasteiger partial charge in [-0.15, -0.1) is 11.8 Å². The van der Waals surface area contributed by atoms with Gasteiger partial charge in [0.25, 0.3) is 0 Å². The fourth-order valence-corrected chi connectivity index (χ4v) is 7.22. The van der Waals surface area contributed by atoms with E-state index in [1.165, 1.54) is 10.5 Å². The summed E-state index contributed by atoms with van der Waals surface area (Å²) in [6.07, 6.45) is 4.76. The lowest BCUT2D eigenvalue weighted by Gasteiger charge is -2.39. The number of hydrogen-bond donors (Lipinski definition) is 2. The van der Waals surface area contributed by atoms with Gasteiger partial charge >= 0.3 is 0 Å². The van der Waals surface area contributed by atoms with Crippen molar-refractivity contribution in [2.24, 2.45) is 11.7 Å². The average molecular weight is 628 g/mol. The molecule has 1 amide bonds. The molecule has 6 nitrogen and oxygen atoms in total. The number of likely N-dealkylation sites (tertiary alicyclic amines) is 1. The van der Waals surface area contributed by atoms with E-state index in [2.05, 4.69) is 40.3 Å². The molecule has 0 aromatic heterocycles. The van der Waals surface area contributed by atoms with Crippen LogP contribution in [0.2, 0.25) is 10.0 Å². The Morgan fingerprint density at radius 3 is 2.40 bits per heavy atom. The number of rotatable bonds is 9. The van der Waals surface area contributed by atoms with Gasteiger partial charge in [-0.3, -0.25) is 9.69 Å². The second kappa shape index (κ2) is 14.5. The molecule has 0 saturated carbocycles. The molecule has 2 aliphatic heterocycles. The number of halogens is 2. The summed E-state index contributed by atoms with van der Waals surface area (Å²) in [7, 11) is 0. The average Bonchev–Trinajstić information content (AvgIpc) is 3.02. The number of carbonyl (C=O) groups excluding carboxylic acids is 1. The molecule has 0 radical (unpaired) electrons. The summed E-state index contributed by atoms with van der Waals surface area (Å²) >= 11 is 14.6. The van der Waals surface area contributed by atoms with Crippen LogP contribution in [0.1, 0.15) is 24.0 Å². The Kier molecular flexibility index (Phi) is 10.7. The standard InChI is InChI=1S/C33H40Cl2N4O2S/c1-42-30-8-3-2-5-25(30)22-38-17-19-39(20-18-38)33(41)32(36)23-11-14-37(15-12-23)16-13-24-21-26(34)9-10-27(24)28-6-4-7-29(40)31(28)35/h2-10,21,23,32,40H,11-20,22,36H2,1H3/t32-/m1/s1. The zero-order valence-electron chi connectivity index (χ0n) is 24.1. The van der Waals surface area contributed by atoms with Gasteiger partial charge in [-0.25, -0.2) is 0 Å².